The number of carbonyl (C=O) groups is 1. The summed E-state index contributed by atoms with van der Waals surface area (Å²) in [6.45, 7) is 3.14. The Hall–Kier alpha value is -2.93. The fraction of sp³-hybridized carbons (Fsp3) is 0.409. The first-order chi connectivity index (χ1) is 14.2. The van der Waals surface area contributed by atoms with Crippen molar-refractivity contribution in [1.29, 1.82) is 0 Å². The number of benzene rings is 1. The number of nitrogens with one attached hydrogen (secondary N) is 1. The molecule has 1 N–H and O–H groups in total. The molecular formula is C22H25N5O2. The number of nitrogens with zero attached hydrogens (tertiary/aromatic N) is 4. The molecular weight excluding hydrogens is 366 g/mol. The molecule has 1 aliphatic heterocycles. The third-order valence-corrected chi connectivity index (χ3v) is 6.07. The number of hydrogen-bond acceptors (Lipinski definition) is 5. The quantitative estimate of drug-likeness (QED) is 0.740. The van der Waals surface area contributed by atoms with Gasteiger partial charge in [-0.05, 0) is 31.0 Å². The molecule has 0 saturated heterocycles. The molecule has 7 nitrogen and oxygen atoms in total. The molecule has 150 valence electrons. The first-order valence-corrected chi connectivity index (χ1v) is 10.3. The molecule has 7 heteroatoms. The van der Waals surface area contributed by atoms with Crippen LogP contribution in [0.2, 0.25) is 0 Å². The topological polar surface area (TPSA) is 72.3 Å². The summed E-state index contributed by atoms with van der Waals surface area (Å²) in [4.78, 5) is 23.4. The van der Waals surface area contributed by atoms with Crippen molar-refractivity contribution in [2.75, 3.05) is 20.1 Å². The highest BCUT2D eigenvalue weighted by molar-refractivity contribution is 5.93. The Bertz CT molecular complexity index is 1040. The van der Waals surface area contributed by atoms with E-state index in [2.05, 4.69) is 19.8 Å². The van der Waals surface area contributed by atoms with Gasteiger partial charge >= 0.3 is 0 Å². The maximum Gasteiger partial charge on any atom is 0.252 e. The van der Waals surface area contributed by atoms with Crippen LogP contribution in [-0.2, 0) is 13.0 Å². The van der Waals surface area contributed by atoms with Gasteiger partial charge in [-0.15, -0.1) is 0 Å². The van der Waals surface area contributed by atoms with Gasteiger partial charge in [0.05, 0.1) is 16.6 Å². The lowest BCUT2D eigenvalue weighted by atomic mass is 9.91. The maximum atomic E-state index is 11.6. The van der Waals surface area contributed by atoms with E-state index in [1.165, 1.54) is 25.5 Å². The molecule has 0 spiro atoms. The van der Waals surface area contributed by atoms with Gasteiger partial charge in [0.1, 0.15) is 11.6 Å². The number of fused-ring (bicyclic) bond motifs is 3. The highest BCUT2D eigenvalue weighted by Crippen LogP contribution is 2.29. The van der Waals surface area contributed by atoms with Crippen LogP contribution < -0.4 is 10.1 Å². The molecule has 1 aliphatic carbocycles. The van der Waals surface area contributed by atoms with Crippen molar-refractivity contribution < 1.29 is 9.53 Å². The first-order valence-electron chi connectivity index (χ1n) is 10.3. The van der Waals surface area contributed by atoms with Crippen molar-refractivity contribution in [1.82, 2.24) is 24.8 Å². The zero-order valence-corrected chi connectivity index (χ0v) is 16.6. The summed E-state index contributed by atoms with van der Waals surface area (Å²) < 4.78 is 8.27. The molecule has 3 aromatic rings. The zero-order chi connectivity index (χ0) is 19.8. The van der Waals surface area contributed by atoms with Crippen molar-refractivity contribution in [3.8, 4) is 11.6 Å². The van der Waals surface area contributed by atoms with Gasteiger partial charge in [0.15, 0.2) is 0 Å². The second-order valence-electron chi connectivity index (χ2n) is 7.77. The zero-order valence-electron chi connectivity index (χ0n) is 16.6. The third kappa shape index (κ3) is 3.46. The van der Waals surface area contributed by atoms with Crippen LogP contribution in [-0.4, -0.2) is 51.5 Å². The summed E-state index contributed by atoms with van der Waals surface area (Å²) in [6.07, 6.45) is 6.56. The van der Waals surface area contributed by atoms with Gasteiger partial charge in [0.25, 0.3) is 5.91 Å². The van der Waals surface area contributed by atoms with Gasteiger partial charge in [-0.25, -0.2) is 9.97 Å². The normalized spacial score (nSPS) is 17.4. The molecule has 5 rings (SSSR count). The Balaban J connectivity index is 1.36. The molecule has 0 atom stereocenters. The number of rotatable bonds is 4. The van der Waals surface area contributed by atoms with Gasteiger partial charge in [-0.2, -0.15) is 0 Å². The monoisotopic (exact) mass is 391 g/mol. The number of amides is 1. The molecule has 2 aromatic heterocycles. The van der Waals surface area contributed by atoms with Gasteiger partial charge in [-0.1, -0.05) is 6.42 Å². The molecule has 0 bridgehead atoms. The van der Waals surface area contributed by atoms with Crippen LogP contribution >= 0.6 is 0 Å². The Morgan fingerprint density at radius 2 is 2.07 bits per heavy atom. The molecule has 3 heterocycles. The molecule has 1 fully saturated rings. The van der Waals surface area contributed by atoms with Gasteiger partial charge in [0.2, 0.25) is 5.88 Å². The lowest BCUT2D eigenvalue weighted by molar-refractivity contribution is 0.0962. The minimum absolute atomic E-state index is 0.164. The summed E-state index contributed by atoms with van der Waals surface area (Å²) in [7, 11) is 1.60. The number of ether oxygens (including phenoxy) is 1. The van der Waals surface area contributed by atoms with E-state index in [-0.39, 0.29) is 5.91 Å². The highest BCUT2D eigenvalue weighted by atomic mass is 16.5. The lowest BCUT2D eigenvalue weighted by Gasteiger charge is -2.36. The van der Waals surface area contributed by atoms with Crippen molar-refractivity contribution in [2.45, 2.75) is 38.3 Å². The van der Waals surface area contributed by atoms with Crippen molar-refractivity contribution in [2.24, 2.45) is 0 Å². The Labute approximate surface area is 169 Å². The summed E-state index contributed by atoms with van der Waals surface area (Å²) in [6, 6.07) is 10.2. The van der Waals surface area contributed by atoms with Crippen molar-refractivity contribution in [3.63, 3.8) is 0 Å². The minimum atomic E-state index is -0.164. The second-order valence-corrected chi connectivity index (χ2v) is 7.77. The van der Waals surface area contributed by atoms with Gasteiger partial charge < -0.3 is 14.6 Å². The SMILES string of the molecule is CNC(=O)c1ccc(Oc2ccc3nc4n(c3c2)CCN(C2CCC2)CC4)nc1. The van der Waals surface area contributed by atoms with Crippen molar-refractivity contribution in [3.05, 3.63) is 47.9 Å². The smallest absolute Gasteiger partial charge is 0.252 e. The standard InChI is InChI=1S/C22H25N5O2/c1-23-22(28)15-5-8-21(24-14-15)29-17-6-7-18-19(13-17)27-12-11-26(16-3-2-4-16)10-9-20(27)25-18/h5-8,13-14,16H,2-4,9-12H2,1H3,(H,23,28). The Kier molecular flexibility index (Phi) is 4.67. The van der Waals surface area contributed by atoms with E-state index in [9.17, 15) is 4.79 Å². The van der Waals surface area contributed by atoms with E-state index in [0.717, 1.165) is 54.7 Å². The highest BCUT2D eigenvalue weighted by Gasteiger charge is 2.27. The van der Waals surface area contributed by atoms with E-state index < -0.39 is 0 Å². The fourth-order valence-corrected chi connectivity index (χ4v) is 4.20. The van der Waals surface area contributed by atoms with E-state index >= 15 is 0 Å². The average Bonchev–Trinajstić information content (AvgIpc) is 2.92. The van der Waals surface area contributed by atoms with E-state index in [0.29, 0.717) is 11.4 Å². The van der Waals surface area contributed by atoms with Crippen LogP contribution in [0.25, 0.3) is 11.0 Å². The lowest BCUT2D eigenvalue weighted by Crippen LogP contribution is -2.41. The number of aromatic nitrogens is 3. The largest absolute Gasteiger partial charge is 0.439 e. The molecule has 1 saturated carbocycles. The fourth-order valence-electron chi connectivity index (χ4n) is 4.20. The first kappa shape index (κ1) is 18.1. The number of hydrogen-bond donors (Lipinski definition) is 1. The van der Waals surface area contributed by atoms with E-state index in [4.69, 9.17) is 9.72 Å². The number of carbonyl (C=O) groups excluding carboxylic acids is 1. The molecule has 0 unspecified atom stereocenters. The van der Waals surface area contributed by atoms with Crippen molar-refractivity contribution >= 4 is 16.9 Å². The molecule has 29 heavy (non-hydrogen) atoms. The maximum absolute atomic E-state index is 11.6. The van der Waals surface area contributed by atoms with E-state index in [1.54, 1.807) is 19.2 Å². The van der Waals surface area contributed by atoms with Crippen LogP contribution in [0.1, 0.15) is 35.4 Å². The van der Waals surface area contributed by atoms with Gasteiger partial charge in [-0.3, -0.25) is 9.69 Å². The Morgan fingerprint density at radius 1 is 1.17 bits per heavy atom. The Morgan fingerprint density at radius 3 is 2.79 bits per heavy atom. The molecule has 0 radical (unpaired) electrons. The molecule has 1 amide bonds. The van der Waals surface area contributed by atoms with Crippen LogP contribution in [0.5, 0.6) is 11.6 Å². The summed E-state index contributed by atoms with van der Waals surface area (Å²) >= 11 is 0. The molecule has 1 aromatic carbocycles. The van der Waals surface area contributed by atoms with Gasteiger partial charge in [0, 0.05) is 57.5 Å². The third-order valence-electron chi connectivity index (χ3n) is 6.07. The average molecular weight is 391 g/mol. The number of imidazole rings is 1. The summed E-state index contributed by atoms with van der Waals surface area (Å²) in [5, 5.41) is 2.59. The second kappa shape index (κ2) is 7.48. The van der Waals surface area contributed by atoms with Crippen LogP contribution in [0.4, 0.5) is 0 Å². The summed E-state index contributed by atoms with van der Waals surface area (Å²) in [5.41, 5.74) is 2.62. The molecule has 2 aliphatic rings. The van der Waals surface area contributed by atoms with Crippen LogP contribution in [0.15, 0.2) is 36.5 Å². The summed E-state index contributed by atoms with van der Waals surface area (Å²) in [5.74, 6) is 2.18. The van der Waals surface area contributed by atoms with E-state index in [1.807, 2.05) is 18.2 Å². The number of pyridine rings is 1. The van der Waals surface area contributed by atoms with Crippen LogP contribution in [0.3, 0.4) is 0 Å². The van der Waals surface area contributed by atoms with Crippen LogP contribution in [0, 0.1) is 0 Å². The predicted molar refractivity (Wildman–Crippen MR) is 110 cm³/mol. The predicted octanol–water partition coefficient (Wildman–Crippen LogP) is 2.99. The minimum Gasteiger partial charge on any atom is -0.439 e.